The first-order chi connectivity index (χ1) is 15.6. The molecule has 0 fully saturated rings. The minimum absolute atomic E-state index is 0.0111. The summed E-state index contributed by atoms with van der Waals surface area (Å²) in [5.41, 5.74) is 1.56. The molecule has 2 N–H and O–H groups in total. The number of ether oxygens (including phenoxy) is 1. The van der Waals surface area contributed by atoms with Crippen LogP contribution in [0.15, 0.2) is 48.5 Å². The van der Waals surface area contributed by atoms with Gasteiger partial charge >= 0.3 is 0 Å². The normalized spacial score (nSPS) is 11.3. The van der Waals surface area contributed by atoms with Crippen LogP contribution in [0.25, 0.3) is 5.69 Å². The van der Waals surface area contributed by atoms with Crippen LogP contribution in [-0.2, 0) is 16.5 Å². The SMILES string of the molecule is COc1ccc(-n2nc(C(C)=O)c(CCCS(=O)(=O)O)c2C(=O)Nc2ccc(I)cc2)cc1. The Morgan fingerprint density at radius 1 is 1.12 bits per heavy atom. The van der Waals surface area contributed by atoms with Gasteiger partial charge in [0.05, 0.1) is 18.6 Å². The van der Waals surface area contributed by atoms with Crippen molar-refractivity contribution in [3.63, 3.8) is 0 Å². The summed E-state index contributed by atoms with van der Waals surface area (Å²) in [5, 5.41) is 7.19. The van der Waals surface area contributed by atoms with Crippen LogP contribution in [0.5, 0.6) is 5.75 Å². The summed E-state index contributed by atoms with van der Waals surface area (Å²) in [4.78, 5) is 25.7. The van der Waals surface area contributed by atoms with Crippen LogP contribution in [0.1, 0.15) is 39.9 Å². The lowest BCUT2D eigenvalue weighted by Gasteiger charge is -2.11. The highest BCUT2D eigenvalue weighted by atomic mass is 127. The average molecular weight is 583 g/mol. The molecule has 1 heterocycles. The molecule has 174 valence electrons. The Hall–Kier alpha value is -2.77. The van der Waals surface area contributed by atoms with Crippen molar-refractivity contribution in [1.82, 2.24) is 9.78 Å². The Bertz CT molecular complexity index is 1270. The van der Waals surface area contributed by atoms with E-state index >= 15 is 0 Å². The number of nitrogens with one attached hydrogen (secondary N) is 1. The van der Waals surface area contributed by atoms with Gasteiger partial charge in [0.25, 0.3) is 16.0 Å². The predicted molar refractivity (Wildman–Crippen MR) is 132 cm³/mol. The highest BCUT2D eigenvalue weighted by Crippen LogP contribution is 2.24. The van der Waals surface area contributed by atoms with Crippen LogP contribution in [0.3, 0.4) is 0 Å². The summed E-state index contributed by atoms with van der Waals surface area (Å²) in [6.07, 6.45) is 0.0670. The molecule has 1 aromatic heterocycles. The first-order valence-corrected chi connectivity index (χ1v) is 12.6. The van der Waals surface area contributed by atoms with E-state index in [4.69, 9.17) is 9.29 Å². The number of carbonyl (C=O) groups excluding carboxylic acids is 2. The molecule has 0 spiro atoms. The van der Waals surface area contributed by atoms with Crippen LogP contribution in [-0.4, -0.2) is 47.3 Å². The van der Waals surface area contributed by atoms with Gasteiger partial charge in [0.15, 0.2) is 5.78 Å². The van der Waals surface area contributed by atoms with Gasteiger partial charge in [-0.1, -0.05) is 0 Å². The molecule has 33 heavy (non-hydrogen) atoms. The molecule has 0 bridgehead atoms. The van der Waals surface area contributed by atoms with E-state index in [0.717, 1.165) is 3.57 Å². The molecule has 3 aromatic rings. The molecule has 2 aromatic carbocycles. The zero-order valence-corrected chi connectivity index (χ0v) is 20.9. The molecule has 0 aliphatic heterocycles. The van der Waals surface area contributed by atoms with Gasteiger partial charge in [-0.2, -0.15) is 13.5 Å². The molecule has 0 atom stereocenters. The number of amides is 1. The van der Waals surface area contributed by atoms with Crippen molar-refractivity contribution in [1.29, 1.82) is 0 Å². The molecular formula is C22H22IN3O6S. The number of nitrogens with zero attached hydrogens (tertiary/aromatic N) is 2. The number of Topliss-reactive ketones (excluding diaryl/α,β-unsaturated/α-hetero) is 1. The van der Waals surface area contributed by atoms with Crippen molar-refractivity contribution in [2.75, 3.05) is 18.2 Å². The van der Waals surface area contributed by atoms with Crippen molar-refractivity contribution >= 4 is 50.1 Å². The standard InChI is InChI=1S/C22H22IN3O6S/c1-14(27)20-19(4-3-13-33(29,30)31)21(22(28)24-16-7-5-15(23)6-8-16)26(25-20)17-9-11-18(32-2)12-10-17/h5-12H,3-4,13H2,1-2H3,(H,24,28)(H,29,30,31). The lowest BCUT2D eigenvalue weighted by molar-refractivity contribution is 0.100. The minimum Gasteiger partial charge on any atom is -0.497 e. The van der Waals surface area contributed by atoms with Crippen molar-refractivity contribution < 1.29 is 27.3 Å². The van der Waals surface area contributed by atoms with Gasteiger partial charge in [-0.3, -0.25) is 14.1 Å². The number of halogens is 1. The highest BCUT2D eigenvalue weighted by molar-refractivity contribution is 14.1. The van der Waals surface area contributed by atoms with E-state index in [2.05, 4.69) is 33.0 Å². The molecule has 0 unspecified atom stereocenters. The number of hydrogen-bond donors (Lipinski definition) is 2. The fraction of sp³-hybridized carbons (Fsp3) is 0.227. The van der Waals surface area contributed by atoms with Crippen molar-refractivity contribution in [2.24, 2.45) is 0 Å². The number of ketones is 1. The van der Waals surface area contributed by atoms with Gasteiger partial charge in [0.1, 0.15) is 17.1 Å². The first kappa shape index (κ1) is 24.9. The number of anilines is 1. The predicted octanol–water partition coefficient (Wildman–Crippen LogP) is 3.76. The van der Waals surface area contributed by atoms with E-state index in [9.17, 15) is 18.0 Å². The molecule has 0 saturated carbocycles. The van der Waals surface area contributed by atoms with E-state index in [1.54, 1.807) is 36.4 Å². The zero-order valence-electron chi connectivity index (χ0n) is 17.9. The Morgan fingerprint density at radius 2 is 1.76 bits per heavy atom. The summed E-state index contributed by atoms with van der Waals surface area (Å²) in [7, 11) is -2.66. The van der Waals surface area contributed by atoms with Crippen LogP contribution in [0.2, 0.25) is 0 Å². The van der Waals surface area contributed by atoms with Gasteiger partial charge in [0, 0.05) is 21.7 Å². The van der Waals surface area contributed by atoms with Gasteiger partial charge in [-0.05, 0) is 84.0 Å². The number of carbonyl (C=O) groups is 2. The quantitative estimate of drug-likeness (QED) is 0.223. The molecular weight excluding hydrogens is 561 g/mol. The zero-order chi connectivity index (χ0) is 24.2. The molecule has 11 heteroatoms. The summed E-state index contributed by atoms with van der Waals surface area (Å²) in [5.74, 6) is -0.770. The third kappa shape index (κ3) is 6.39. The minimum atomic E-state index is -4.19. The van der Waals surface area contributed by atoms with Crippen LogP contribution < -0.4 is 10.1 Å². The first-order valence-electron chi connectivity index (χ1n) is 9.88. The lowest BCUT2D eigenvalue weighted by Crippen LogP contribution is -2.19. The summed E-state index contributed by atoms with van der Waals surface area (Å²) < 4.78 is 39.0. The molecule has 9 nitrogen and oxygen atoms in total. The van der Waals surface area contributed by atoms with Crippen LogP contribution in [0.4, 0.5) is 5.69 Å². The van der Waals surface area contributed by atoms with Gasteiger partial charge in [-0.15, -0.1) is 0 Å². The van der Waals surface area contributed by atoms with Gasteiger partial charge in [-0.25, -0.2) is 4.68 Å². The Morgan fingerprint density at radius 3 is 2.30 bits per heavy atom. The van der Waals surface area contributed by atoms with Crippen molar-refractivity contribution in [3.05, 3.63) is 69.1 Å². The van der Waals surface area contributed by atoms with Crippen molar-refractivity contribution in [3.8, 4) is 11.4 Å². The number of aromatic nitrogens is 2. The van der Waals surface area contributed by atoms with Gasteiger partial charge < -0.3 is 10.1 Å². The highest BCUT2D eigenvalue weighted by Gasteiger charge is 2.27. The fourth-order valence-corrected chi connectivity index (χ4v) is 4.14. The van der Waals surface area contributed by atoms with E-state index in [1.807, 2.05) is 12.1 Å². The molecule has 3 rings (SSSR count). The second-order valence-electron chi connectivity index (χ2n) is 7.19. The number of rotatable bonds is 9. The molecule has 0 aliphatic carbocycles. The molecule has 0 radical (unpaired) electrons. The van der Waals surface area contributed by atoms with E-state index in [-0.39, 0.29) is 30.0 Å². The Labute approximate surface area is 205 Å². The molecule has 0 aliphatic rings. The second kappa shape index (κ2) is 10.4. The van der Waals surface area contributed by atoms with Crippen molar-refractivity contribution in [2.45, 2.75) is 19.8 Å². The fourth-order valence-electron chi connectivity index (χ4n) is 3.27. The van der Waals surface area contributed by atoms with Crippen LogP contribution in [0, 0.1) is 3.57 Å². The number of hydrogen-bond acceptors (Lipinski definition) is 6. The maximum absolute atomic E-state index is 13.4. The van der Waals surface area contributed by atoms with Crippen LogP contribution >= 0.6 is 22.6 Å². The maximum Gasteiger partial charge on any atom is 0.274 e. The Kier molecular flexibility index (Phi) is 7.87. The van der Waals surface area contributed by atoms with E-state index in [1.165, 1.54) is 18.7 Å². The van der Waals surface area contributed by atoms with E-state index in [0.29, 0.717) is 22.7 Å². The molecule has 0 saturated heterocycles. The van der Waals surface area contributed by atoms with Gasteiger partial charge in [0.2, 0.25) is 0 Å². The maximum atomic E-state index is 13.4. The summed E-state index contributed by atoms with van der Waals surface area (Å²) in [6.45, 7) is 1.33. The second-order valence-corrected chi connectivity index (χ2v) is 10.0. The topological polar surface area (TPSA) is 128 Å². The summed E-state index contributed by atoms with van der Waals surface area (Å²) in [6, 6.07) is 14.0. The lowest BCUT2D eigenvalue weighted by atomic mass is 10.0. The molecule has 1 amide bonds. The number of methoxy groups -OCH3 is 1. The third-order valence-corrected chi connectivity index (χ3v) is 6.30. The number of benzene rings is 2. The smallest absolute Gasteiger partial charge is 0.274 e. The largest absolute Gasteiger partial charge is 0.497 e. The third-order valence-electron chi connectivity index (χ3n) is 4.78. The Balaban J connectivity index is 2.10. The summed E-state index contributed by atoms with van der Waals surface area (Å²) >= 11 is 2.15. The monoisotopic (exact) mass is 583 g/mol. The average Bonchev–Trinajstić information content (AvgIpc) is 3.14. The van der Waals surface area contributed by atoms with E-state index < -0.39 is 21.8 Å².